The minimum Gasteiger partial charge on any atom is -0.460 e. The SMILES string of the molecule is CCCC(NCc1ccc(-c2ccc(C)c(Cl)c2)o1)c1ccccc1.Cl. The van der Waals surface area contributed by atoms with Crippen LogP contribution in [0.15, 0.2) is 65.1 Å². The van der Waals surface area contributed by atoms with Crippen molar-refractivity contribution in [2.24, 2.45) is 0 Å². The number of hydrogen-bond acceptors (Lipinski definition) is 2. The van der Waals surface area contributed by atoms with Crippen molar-refractivity contribution in [2.75, 3.05) is 0 Å². The molecule has 1 unspecified atom stereocenters. The minimum absolute atomic E-state index is 0. The molecular formula is C22H25Cl2NO. The molecule has 0 fully saturated rings. The van der Waals surface area contributed by atoms with Crippen molar-refractivity contribution in [1.82, 2.24) is 5.32 Å². The van der Waals surface area contributed by atoms with Crippen molar-refractivity contribution >= 4 is 24.0 Å². The standard InChI is InChI=1S/C22H24ClNO.ClH/c1-3-7-21(17-8-5-4-6-9-17)24-15-19-12-13-22(25-19)18-11-10-16(2)20(23)14-18;/h4-6,8-14,21,24H,3,7,15H2,1-2H3;1H. The topological polar surface area (TPSA) is 25.2 Å². The number of hydrogen-bond donors (Lipinski definition) is 1. The fourth-order valence-corrected chi connectivity index (χ4v) is 3.14. The molecule has 4 heteroatoms. The summed E-state index contributed by atoms with van der Waals surface area (Å²) in [5.74, 6) is 1.79. The summed E-state index contributed by atoms with van der Waals surface area (Å²) in [5.41, 5.74) is 3.40. The molecule has 2 aromatic carbocycles. The number of halogens is 2. The average Bonchev–Trinajstić information content (AvgIpc) is 3.11. The second-order valence-corrected chi connectivity index (χ2v) is 6.77. The van der Waals surface area contributed by atoms with E-state index in [9.17, 15) is 0 Å². The van der Waals surface area contributed by atoms with E-state index in [4.69, 9.17) is 16.0 Å². The molecule has 0 saturated heterocycles. The lowest BCUT2D eigenvalue weighted by atomic mass is 10.0. The largest absolute Gasteiger partial charge is 0.460 e. The number of furan rings is 1. The molecule has 0 bridgehead atoms. The van der Waals surface area contributed by atoms with Gasteiger partial charge in [0.15, 0.2) is 0 Å². The molecular weight excluding hydrogens is 365 g/mol. The maximum Gasteiger partial charge on any atom is 0.134 e. The first kappa shape index (κ1) is 20.6. The van der Waals surface area contributed by atoms with Crippen LogP contribution in [0.4, 0.5) is 0 Å². The Morgan fingerprint density at radius 1 is 1.04 bits per heavy atom. The Labute approximate surface area is 167 Å². The lowest BCUT2D eigenvalue weighted by Gasteiger charge is -2.17. The Balaban J connectivity index is 0.00000243. The van der Waals surface area contributed by atoms with Crippen LogP contribution in [0.5, 0.6) is 0 Å². The van der Waals surface area contributed by atoms with Crippen LogP contribution in [0.25, 0.3) is 11.3 Å². The summed E-state index contributed by atoms with van der Waals surface area (Å²) in [6, 6.07) is 21.0. The molecule has 0 aliphatic rings. The van der Waals surface area contributed by atoms with Crippen molar-refractivity contribution in [3.8, 4) is 11.3 Å². The van der Waals surface area contributed by atoms with Gasteiger partial charge in [0.2, 0.25) is 0 Å². The van der Waals surface area contributed by atoms with Crippen LogP contribution < -0.4 is 5.32 Å². The van der Waals surface area contributed by atoms with Gasteiger partial charge in [-0.25, -0.2) is 0 Å². The summed E-state index contributed by atoms with van der Waals surface area (Å²) >= 11 is 6.22. The van der Waals surface area contributed by atoms with Crippen LogP contribution in [0.2, 0.25) is 5.02 Å². The van der Waals surface area contributed by atoms with Crippen LogP contribution >= 0.6 is 24.0 Å². The Hall–Kier alpha value is -1.74. The maximum absolute atomic E-state index is 6.22. The molecule has 0 saturated carbocycles. The van der Waals surface area contributed by atoms with Crippen LogP contribution in [-0.2, 0) is 6.54 Å². The first-order valence-electron chi connectivity index (χ1n) is 8.81. The van der Waals surface area contributed by atoms with E-state index < -0.39 is 0 Å². The summed E-state index contributed by atoms with van der Waals surface area (Å²) in [7, 11) is 0. The summed E-state index contributed by atoms with van der Waals surface area (Å²) in [4.78, 5) is 0. The van der Waals surface area contributed by atoms with E-state index in [1.807, 2.05) is 37.3 Å². The van der Waals surface area contributed by atoms with Crippen LogP contribution in [0.1, 0.15) is 42.7 Å². The number of nitrogens with one attached hydrogen (secondary N) is 1. The minimum atomic E-state index is 0. The Bertz CT molecular complexity index is 814. The van der Waals surface area contributed by atoms with Gasteiger partial charge in [0.25, 0.3) is 0 Å². The number of rotatable bonds is 7. The third-order valence-corrected chi connectivity index (χ3v) is 4.83. The van der Waals surface area contributed by atoms with Gasteiger partial charge in [0.1, 0.15) is 11.5 Å². The smallest absolute Gasteiger partial charge is 0.134 e. The second kappa shape index (κ2) is 9.82. The molecule has 1 heterocycles. The van der Waals surface area contributed by atoms with Gasteiger partial charge >= 0.3 is 0 Å². The summed E-state index contributed by atoms with van der Waals surface area (Å²) in [6.07, 6.45) is 2.24. The highest BCUT2D eigenvalue weighted by atomic mass is 35.5. The van der Waals surface area contributed by atoms with Crippen molar-refractivity contribution in [3.05, 3.63) is 82.6 Å². The van der Waals surface area contributed by atoms with Crippen LogP contribution in [-0.4, -0.2) is 0 Å². The molecule has 0 aliphatic heterocycles. The van der Waals surface area contributed by atoms with E-state index in [1.165, 1.54) is 5.56 Å². The van der Waals surface area contributed by atoms with Gasteiger partial charge in [-0.15, -0.1) is 12.4 Å². The summed E-state index contributed by atoms with van der Waals surface area (Å²) in [5, 5.41) is 4.38. The molecule has 3 aromatic rings. The normalized spacial score (nSPS) is 11.8. The zero-order valence-electron chi connectivity index (χ0n) is 15.2. The van der Waals surface area contributed by atoms with Gasteiger partial charge in [-0.2, -0.15) is 0 Å². The third-order valence-electron chi connectivity index (χ3n) is 4.42. The monoisotopic (exact) mass is 389 g/mol. The van der Waals surface area contributed by atoms with Crippen LogP contribution in [0, 0.1) is 6.92 Å². The predicted molar refractivity (Wildman–Crippen MR) is 112 cm³/mol. The van der Waals surface area contributed by atoms with Gasteiger partial charge < -0.3 is 9.73 Å². The highest BCUT2D eigenvalue weighted by Gasteiger charge is 2.12. The van der Waals surface area contributed by atoms with Gasteiger partial charge in [0, 0.05) is 16.6 Å². The van der Waals surface area contributed by atoms with E-state index in [-0.39, 0.29) is 12.4 Å². The van der Waals surface area contributed by atoms with Gasteiger partial charge in [-0.1, -0.05) is 67.4 Å². The Morgan fingerprint density at radius 3 is 2.50 bits per heavy atom. The molecule has 26 heavy (non-hydrogen) atoms. The van der Waals surface area contributed by atoms with E-state index in [1.54, 1.807) is 0 Å². The molecule has 1 atom stereocenters. The second-order valence-electron chi connectivity index (χ2n) is 6.36. The molecule has 0 aliphatic carbocycles. The highest BCUT2D eigenvalue weighted by molar-refractivity contribution is 6.31. The summed E-state index contributed by atoms with van der Waals surface area (Å²) < 4.78 is 6.01. The van der Waals surface area contributed by atoms with Crippen molar-refractivity contribution in [2.45, 2.75) is 39.3 Å². The molecule has 0 amide bonds. The van der Waals surface area contributed by atoms with Gasteiger partial charge in [0.05, 0.1) is 6.54 Å². The van der Waals surface area contributed by atoms with E-state index in [2.05, 4.69) is 42.6 Å². The number of benzene rings is 2. The lowest BCUT2D eigenvalue weighted by Crippen LogP contribution is -2.20. The van der Waals surface area contributed by atoms with Gasteiger partial charge in [-0.05, 0) is 42.7 Å². The molecule has 3 rings (SSSR count). The fourth-order valence-electron chi connectivity index (χ4n) is 2.96. The first-order chi connectivity index (χ1) is 12.2. The molecule has 1 N–H and O–H groups in total. The Kier molecular flexibility index (Phi) is 7.77. The third kappa shape index (κ3) is 5.14. The number of aryl methyl sites for hydroxylation is 1. The highest BCUT2D eigenvalue weighted by Crippen LogP contribution is 2.27. The molecule has 138 valence electrons. The van der Waals surface area contributed by atoms with Crippen molar-refractivity contribution < 1.29 is 4.42 Å². The lowest BCUT2D eigenvalue weighted by molar-refractivity contribution is 0.439. The van der Waals surface area contributed by atoms with Crippen molar-refractivity contribution in [3.63, 3.8) is 0 Å². The average molecular weight is 390 g/mol. The van der Waals surface area contributed by atoms with E-state index >= 15 is 0 Å². The molecule has 0 spiro atoms. The fraction of sp³-hybridized carbons (Fsp3) is 0.273. The zero-order chi connectivity index (χ0) is 17.6. The summed E-state index contributed by atoms with van der Waals surface area (Å²) in [6.45, 7) is 4.92. The quantitative estimate of drug-likeness (QED) is 0.472. The molecule has 0 radical (unpaired) electrons. The molecule has 1 aromatic heterocycles. The van der Waals surface area contributed by atoms with Crippen molar-refractivity contribution in [1.29, 1.82) is 0 Å². The van der Waals surface area contributed by atoms with Crippen LogP contribution in [0.3, 0.4) is 0 Å². The van der Waals surface area contributed by atoms with Gasteiger partial charge in [-0.3, -0.25) is 0 Å². The maximum atomic E-state index is 6.22. The predicted octanol–water partition coefficient (Wildman–Crippen LogP) is 6.96. The zero-order valence-corrected chi connectivity index (χ0v) is 16.7. The van der Waals surface area contributed by atoms with E-state index in [0.29, 0.717) is 12.6 Å². The first-order valence-corrected chi connectivity index (χ1v) is 9.18. The Morgan fingerprint density at radius 2 is 1.81 bits per heavy atom. The van der Waals surface area contributed by atoms with E-state index in [0.717, 1.165) is 40.5 Å². The molecule has 2 nitrogen and oxygen atoms in total.